The van der Waals surface area contributed by atoms with Gasteiger partial charge in [0, 0.05) is 6.42 Å². The van der Waals surface area contributed by atoms with Gasteiger partial charge in [-0.05, 0) is 37.6 Å². The maximum atomic E-state index is 11.5. The smallest absolute Gasteiger partial charge is 0.321 e. The van der Waals surface area contributed by atoms with Gasteiger partial charge in [-0.15, -0.1) is 0 Å². The number of hydrogen-bond donors (Lipinski definition) is 1. The predicted octanol–water partition coefficient (Wildman–Crippen LogP) is 3.48. The summed E-state index contributed by atoms with van der Waals surface area (Å²) in [6.45, 7) is 1.68. The minimum Gasteiger partial charge on any atom is -0.480 e. The molecule has 0 spiro atoms. The van der Waals surface area contributed by atoms with E-state index in [0.717, 1.165) is 31.5 Å². The topological polar surface area (TPSA) is 40.5 Å². The molecular weight excluding hydrogens is 285 g/mol. The highest BCUT2D eigenvalue weighted by molar-refractivity contribution is 6.42. The summed E-state index contributed by atoms with van der Waals surface area (Å²) in [5, 5.41) is 10.4. The fraction of sp³-hybridized carbons (Fsp3) is 0.500. The third-order valence-electron chi connectivity index (χ3n) is 3.56. The number of carbonyl (C=O) groups is 1. The fourth-order valence-electron chi connectivity index (χ4n) is 2.52. The molecule has 0 unspecified atom stereocenters. The van der Waals surface area contributed by atoms with Crippen molar-refractivity contribution < 1.29 is 9.90 Å². The first-order valence-electron chi connectivity index (χ1n) is 6.49. The van der Waals surface area contributed by atoms with Gasteiger partial charge in [0.1, 0.15) is 6.04 Å². The number of aliphatic carboxylic acids is 1. The van der Waals surface area contributed by atoms with Crippen molar-refractivity contribution in [2.75, 3.05) is 13.1 Å². The van der Waals surface area contributed by atoms with Gasteiger partial charge in [-0.2, -0.15) is 0 Å². The Balaban J connectivity index is 2.16. The van der Waals surface area contributed by atoms with Gasteiger partial charge in [-0.1, -0.05) is 41.8 Å². The van der Waals surface area contributed by atoms with Gasteiger partial charge in [-0.3, -0.25) is 9.69 Å². The molecule has 0 aromatic heterocycles. The Morgan fingerprint density at radius 1 is 1.26 bits per heavy atom. The Hall–Kier alpha value is -0.770. The van der Waals surface area contributed by atoms with Crippen molar-refractivity contribution >= 4 is 29.2 Å². The Bertz CT molecular complexity index is 459. The number of rotatable bonds is 4. The molecule has 1 aromatic rings. The largest absolute Gasteiger partial charge is 0.480 e. The predicted molar refractivity (Wildman–Crippen MR) is 77.0 cm³/mol. The van der Waals surface area contributed by atoms with Crippen LogP contribution in [0.3, 0.4) is 0 Å². The van der Waals surface area contributed by atoms with Crippen LogP contribution in [0.25, 0.3) is 0 Å². The summed E-state index contributed by atoms with van der Waals surface area (Å²) in [7, 11) is 0. The zero-order valence-corrected chi connectivity index (χ0v) is 12.1. The van der Waals surface area contributed by atoms with Crippen molar-refractivity contribution in [3.05, 3.63) is 33.8 Å². The lowest BCUT2D eigenvalue weighted by Gasteiger charge is -2.32. The van der Waals surface area contributed by atoms with Gasteiger partial charge in [0.15, 0.2) is 0 Å². The van der Waals surface area contributed by atoms with Crippen LogP contribution in [0, 0.1) is 0 Å². The highest BCUT2D eigenvalue weighted by Gasteiger charge is 2.27. The minimum absolute atomic E-state index is 0.398. The van der Waals surface area contributed by atoms with Crippen molar-refractivity contribution in [1.82, 2.24) is 4.90 Å². The zero-order valence-electron chi connectivity index (χ0n) is 10.6. The van der Waals surface area contributed by atoms with Gasteiger partial charge in [-0.25, -0.2) is 0 Å². The van der Waals surface area contributed by atoms with E-state index in [1.807, 2.05) is 11.0 Å². The standard InChI is InChI=1S/C14H17Cl2NO2/c15-11-6-4-5-10(13(11)16)9-12(14(18)19)17-7-2-1-3-8-17/h4-6,12H,1-3,7-9H2,(H,18,19)/t12-/m0/s1. The van der Waals surface area contributed by atoms with Crippen LogP contribution >= 0.6 is 23.2 Å². The number of carboxylic acids is 1. The summed E-state index contributed by atoms with van der Waals surface area (Å²) in [5.41, 5.74) is 0.798. The minimum atomic E-state index is -0.794. The molecular formula is C14H17Cl2NO2. The van der Waals surface area contributed by atoms with E-state index >= 15 is 0 Å². The molecule has 3 nitrogen and oxygen atoms in total. The number of carboxylic acid groups (broad SMARTS) is 1. The fourth-order valence-corrected chi connectivity index (χ4v) is 2.91. The maximum absolute atomic E-state index is 11.5. The molecule has 0 bridgehead atoms. The van der Waals surface area contributed by atoms with Crippen molar-refractivity contribution in [2.24, 2.45) is 0 Å². The third-order valence-corrected chi connectivity index (χ3v) is 4.42. The number of hydrogen-bond acceptors (Lipinski definition) is 2. The van der Waals surface area contributed by atoms with E-state index in [1.54, 1.807) is 12.1 Å². The molecule has 0 saturated carbocycles. The van der Waals surface area contributed by atoms with Crippen LogP contribution in [0.2, 0.25) is 10.0 Å². The zero-order chi connectivity index (χ0) is 13.8. The number of benzene rings is 1. The monoisotopic (exact) mass is 301 g/mol. The molecule has 2 rings (SSSR count). The van der Waals surface area contributed by atoms with Crippen molar-refractivity contribution in [3.8, 4) is 0 Å². The summed E-state index contributed by atoms with van der Waals surface area (Å²) in [4.78, 5) is 13.5. The van der Waals surface area contributed by atoms with Crippen LogP contribution < -0.4 is 0 Å². The Labute approximate surface area is 123 Å². The molecule has 1 N–H and O–H groups in total. The second-order valence-electron chi connectivity index (χ2n) is 4.87. The van der Waals surface area contributed by atoms with E-state index in [9.17, 15) is 9.90 Å². The molecule has 1 aliphatic heterocycles. The molecule has 1 heterocycles. The Kier molecular flexibility index (Phi) is 5.08. The first kappa shape index (κ1) is 14.6. The quantitative estimate of drug-likeness (QED) is 0.925. The summed E-state index contributed by atoms with van der Waals surface area (Å²) < 4.78 is 0. The Morgan fingerprint density at radius 2 is 1.95 bits per heavy atom. The molecule has 19 heavy (non-hydrogen) atoms. The molecule has 1 aromatic carbocycles. The van der Waals surface area contributed by atoms with Crippen LogP contribution in [0.5, 0.6) is 0 Å². The average molecular weight is 302 g/mol. The SMILES string of the molecule is O=C(O)[C@H](Cc1cccc(Cl)c1Cl)N1CCCCC1. The first-order chi connectivity index (χ1) is 9.09. The molecule has 1 saturated heterocycles. The van der Waals surface area contributed by atoms with Gasteiger partial charge >= 0.3 is 5.97 Å². The summed E-state index contributed by atoms with van der Waals surface area (Å²) >= 11 is 12.1. The molecule has 0 aliphatic carbocycles. The molecule has 1 atom stereocenters. The number of halogens is 2. The highest BCUT2D eigenvalue weighted by Crippen LogP contribution is 2.27. The lowest BCUT2D eigenvalue weighted by Crippen LogP contribution is -2.45. The highest BCUT2D eigenvalue weighted by atomic mass is 35.5. The molecule has 1 fully saturated rings. The Morgan fingerprint density at radius 3 is 2.58 bits per heavy atom. The van der Waals surface area contributed by atoms with Gasteiger partial charge in [0.05, 0.1) is 10.0 Å². The molecule has 0 radical (unpaired) electrons. The third kappa shape index (κ3) is 3.62. The number of likely N-dealkylation sites (tertiary alicyclic amines) is 1. The van der Waals surface area contributed by atoms with Crippen molar-refractivity contribution in [2.45, 2.75) is 31.7 Å². The number of piperidine rings is 1. The van der Waals surface area contributed by atoms with Gasteiger partial charge in [0.25, 0.3) is 0 Å². The van der Waals surface area contributed by atoms with E-state index in [-0.39, 0.29) is 0 Å². The maximum Gasteiger partial charge on any atom is 0.321 e. The lowest BCUT2D eigenvalue weighted by molar-refractivity contribution is -0.143. The van der Waals surface area contributed by atoms with Gasteiger partial charge < -0.3 is 5.11 Å². The van der Waals surface area contributed by atoms with Crippen molar-refractivity contribution in [1.29, 1.82) is 0 Å². The van der Waals surface area contributed by atoms with Crippen molar-refractivity contribution in [3.63, 3.8) is 0 Å². The van der Waals surface area contributed by atoms with Crippen LogP contribution in [0.4, 0.5) is 0 Å². The summed E-state index contributed by atoms with van der Waals surface area (Å²) in [6, 6.07) is 4.84. The lowest BCUT2D eigenvalue weighted by atomic mass is 10.0. The van der Waals surface area contributed by atoms with E-state index in [0.29, 0.717) is 16.5 Å². The van der Waals surface area contributed by atoms with E-state index in [4.69, 9.17) is 23.2 Å². The molecule has 1 aliphatic rings. The van der Waals surface area contributed by atoms with Crippen LogP contribution in [-0.4, -0.2) is 35.1 Å². The molecule has 5 heteroatoms. The summed E-state index contributed by atoms with van der Waals surface area (Å²) in [6.07, 6.45) is 3.70. The normalized spacial score (nSPS) is 18.2. The van der Waals surface area contributed by atoms with Crippen LogP contribution in [-0.2, 0) is 11.2 Å². The molecule has 0 amide bonds. The van der Waals surface area contributed by atoms with E-state index in [1.165, 1.54) is 6.42 Å². The van der Waals surface area contributed by atoms with Gasteiger partial charge in [0.2, 0.25) is 0 Å². The summed E-state index contributed by atoms with van der Waals surface area (Å²) in [5.74, 6) is -0.794. The molecule has 104 valence electrons. The second kappa shape index (κ2) is 6.60. The average Bonchev–Trinajstić information content (AvgIpc) is 2.41. The first-order valence-corrected chi connectivity index (χ1v) is 7.25. The van der Waals surface area contributed by atoms with E-state index in [2.05, 4.69) is 0 Å². The van der Waals surface area contributed by atoms with Crippen LogP contribution in [0.15, 0.2) is 18.2 Å². The van der Waals surface area contributed by atoms with E-state index < -0.39 is 12.0 Å². The number of nitrogens with zero attached hydrogens (tertiary/aromatic N) is 1. The van der Waals surface area contributed by atoms with Crippen LogP contribution in [0.1, 0.15) is 24.8 Å². The second-order valence-corrected chi connectivity index (χ2v) is 5.65.